The van der Waals surface area contributed by atoms with Gasteiger partial charge in [0, 0.05) is 18.3 Å². The number of pyridine rings is 1. The second-order valence-corrected chi connectivity index (χ2v) is 3.03. The Balaban J connectivity index is 3.12. The molecule has 0 aliphatic rings. The first-order chi connectivity index (χ1) is 5.65. The average molecular weight is 167 g/mol. The quantitative estimate of drug-likeness (QED) is 0.711. The van der Waals surface area contributed by atoms with Gasteiger partial charge in [-0.05, 0) is 25.5 Å². The van der Waals surface area contributed by atoms with Gasteiger partial charge in [-0.15, -0.1) is 0 Å². The van der Waals surface area contributed by atoms with Crippen LogP contribution in [0.15, 0.2) is 23.1 Å². The van der Waals surface area contributed by atoms with Crippen molar-refractivity contribution in [3.63, 3.8) is 0 Å². The van der Waals surface area contributed by atoms with Crippen molar-refractivity contribution in [1.29, 1.82) is 0 Å². The standard InChI is InChI=1S/C9H13NO2/c1-7(2)10-4-3-8(6-11)5-9(10)12/h3-5,7,11H,6H2,1-2H3. The van der Waals surface area contributed by atoms with Crippen LogP contribution in [0.25, 0.3) is 0 Å². The largest absolute Gasteiger partial charge is 0.392 e. The molecule has 12 heavy (non-hydrogen) atoms. The Morgan fingerprint density at radius 2 is 2.25 bits per heavy atom. The van der Waals surface area contributed by atoms with Crippen LogP contribution in [-0.2, 0) is 6.61 Å². The van der Waals surface area contributed by atoms with E-state index >= 15 is 0 Å². The highest BCUT2D eigenvalue weighted by molar-refractivity contribution is 5.09. The lowest BCUT2D eigenvalue weighted by atomic mass is 10.2. The van der Waals surface area contributed by atoms with Gasteiger partial charge in [0.1, 0.15) is 0 Å². The average Bonchev–Trinajstić information content (AvgIpc) is 2.03. The highest BCUT2D eigenvalue weighted by Crippen LogP contribution is 2.00. The minimum Gasteiger partial charge on any atom is -0.392 e. The number of aliphatic hydroxyl groups is 1. The monoisotopic (exact) mass is 167 g/mol. The third kappa shape index (κ3) is 1.74. The van der Waals surface area contributed by atoms with E-state index in [1.807, 2.05) is 13.8 Å². The van der Waals surface area contributed by atoms with Crippen LogP contribution in [0.1, 0.15) is 25.5 Å². The van der Waals surface area contributed by atoms with Crippen molar-refractivity contribution in [3.8, 4) is 0 Å². The van der Waals surface area contributed by atoms with Crippen molar-refractivity contribution in [1.82, 2.24) is 4.57 Å². The van der Waals surface area contributed by atoms with Gasteiger partial charge in [-0.25, -0.2) is 0 Å². The lowest BCUT2D eigenvalue weighted by Crippen LogP contribution is -2.20. The summed E-state index contributed by atoms with van der Waals surface area (Å²) >= 11 is 0. The van der Waals surface area contributed by atoms with Crippen molar-refractivity contribution in [3.05, 3.63) is 34.2 Å². The van der Waals surface area contributed by atoms with Gasteiger partial charge in [-0.2, -0.15) is 0 Å². The summed E-state index contributed by atoms with van der Waals surface area (Å²) in [6, 6.07) is 3.38. The van der Waals surface area contributed by atoms with Crippen LogP contribution in [0, 0.1) is 0 Å². The summed E-state index contributed by atoms with van der Waals surface area (Å²) in [6.07, 6.45) is 1.71. The minimum absolute atomic E-state index is 0.0587. The lowest BCUT2D eigenvalue weighted by molar-refractivity contribution is 0.281. The Hall–Kier alpha value is -1.09. The van der Waals surface area contributed by atoms with E-state index in [1.54, 1.807) is 16.8 Å². The van der Waals surface area contributed by atoms with Gasteiger partial charge in [0.25, 0.3) is 5.56 Å². The van der Waals surface area contributed by atoms with Gasteiger partial charge in [-0.3, -0.25) is 4.79 Å². The Morgan fingerprint density at radius 1 is 1.58 bits per heavy atom. The third-order valence-electron chi connectivity index (χ3n) is 1.75. The summed E-state index contributed by atoms with van der Waals surface area (Å²) in [7, 11) is 0. The fourth-order valence-corrected chi connectivity index (χ4v) is 1.06. The van der Waals surface area contributed by atoms with Gasteiger partial charge < -0.3 is 9.67 Å². The molecule has 1 N–H and O–H groups in total. The zero-order valence-electron chi connectivity index (χ0n) is 7.32. The maximum absolute atomic E-state index is 11.3. The maximum Gasteiger partial charge on any atom is 0.251 e. The molecular formula is C9H13NO2. The van der Waals surface area contributed by atoms with Crippen molar-refractivity contribution >= 4 is 0 Å². The fraction of sp³-hybridized carbons (Fsp3) is 0.444. The van der Waals surface area contributed by atoms with Crippen molar-refractivity contribution in [2.45, 2.75) is 26.5 Å². The fourth-order valence-electron chi connectivity index (χ4n) is 1.06. The van der Waals surface area contributed by atoms with E-state index in [9.17, 15) is 4.79 Å². The van der Waals surface area contributed by atoms with Crippen LogP contribution < -0.4 is 5.56 Å². The minimum atomic E-state index is -0.0752. The molecule has 0 spiro atoms. The predicted octanol–water partition coefficient (Wildman–Crippen LogP) is 0.921. The maximum atomic E-state index is 11.3. The molecule has 1 aromatic heterocycles. The van der Waals surface area contributed by atoms with Crippen LogP contribution in [0.4, 0.5) is 0 Å². The summed E-state index contributed by atoms with van der Waals surface area (Å²) in [5.74, 6) is 0. The molecule has 1 aromatic rings. The molecule has 0 aliphatic carbocycles. The van der Waals surface area contributed by atoms with Gasteiger partial charge >= 0.3 is 0 Å². The first-order valence-electron chi connectivity index (χ1n) is 3.97. The summed E-state index contributed by atoms with van der Waals surface area (Å²) in [5.41, 5.74) is 0.605. The van der Waals surface area contributed by atoms with E-state index in [2.05, 4.69) is 0 Å². The second kappa shape index (κ2) is 3.54. The molecule has 0 unspecified atom stereocenters. The molecule has 0 aliphatic heterocycles. The smallest absolute Gasteiger partial charge is 0.251 e. The molecule has 0 radical (unpaired) electrons. The molecule has 0 fully saturated rings. The second-order valence-electron chi connectivity index (χ2n) is 3.03. The Kier molecular flexibility index (Phi) is 2.65. The van der Waals surface area contributed by atoms with Gasteiger partial charge in [0.2, 0.25) is 0 Å². The molecule has 3 heteroatoms. The molecule has 1 heterocycles. The van der Waals surface area contributed by atoms with Gasteiger partial charge in [0.15, 0.2) is 0 Å². The van der Waals surface area contributed by atoms with Crippen LogP contribution in [0.3, 0.4) is 0 Å². The van der Waals surface area contributed by atoms with E-state index in [4.69, 9.17) is 5.11 Å². The summed E-state index contributed by atoms with van der Waals surface area (Å²) in [6.45, 7) is 3.81. The Labute approximate surface area is 71.3 Å². The zero-order chi connectivity index (χ0) is 9.14. The Bertz CT molecular complexity index is 315. The lowest BCUT2D eigenvalue weighted by Gasteiger charge is -2.08. The molecule has 0 atom stereocenters. The highest BCUT2D eigenvalue weighted by Gasteiger charge is 2.00. The SMILES string of the molecule is CC(C)n1ccc(CO)cc1=O. The number of nitrogens with zero attached hydrogens (tertiary/aromatic N) is 1. The summed E-state index contributed by atoms with van der Waals surface area (Å²) in [5, 5.41) is 8.74. The topological polar surface area (TPSA) is 42.2 Å². The summed E-state index contributed by atoms with van der Waals surface area (Å²) in [4.78, 5) is 11.3. The molecular weight excluding hydrogens is 154 g/mol. The predicted molar refractivity (Wildman–Crippen MR) is 47.0 cm³/mol. The number of hydrogen-bond donors (Lipinski definition) is 1. The molecule has 0 bridgehead atoms. The highest BCUT2D eigenvalue weighted by atomic mass is 16.3. The first-order valence-corrected chi connectivity index (χ1v) is 3.97. The van der Waals surface area contributed by atoms with Crippen molar-refractivity contribution in [2.24, 2.45) is 0 Å². The zero-order valence-corrected chi connectivity index (χ0v) is 7.32. The molecule has 0 amide bonds. The number of rotatable bonds is 2. The molecule has 66 valence electrons. The van der Waals surface area contributed by atoms with Gasteiger partial charge in [0.05, 0.1) is 6.61 Å². The van der Waals surface area contributed by atoms with Crippen molar-refractivity contribution < 1.29 is 5.11 Å². The molecule has 1 rings (SSSR count). The number of aliphatic hydroxyl groups excluding tert-OH is 1. The van der Waals surface area contributed by atoms with Crippen molar-refractivity contribution in [2.75, 3.05) is 0 Å². The normalized spacial score (nSPS) is 10.7. The number of hydrogen-bond acceptors (Lipinski definition) is 2. The van der Waals surface area contributed by atoms with E-state index < -0.39 is 0 Å². The van der Waals surface area contributed by atoms with E-state index in [-0.39, 0.29) is 18.2 Å². The third-order valence-corrected chi connectivity index (χ3v) is 1.75. The molecule has 0 aromatic carbocycles. The molecule has 3 nitrogen and oxygen atoms in total. The Morgan fingerprint density at radius 3 is 2.67 bits per heavy atom. The molecule has 0 saturated carbocycles. The van der Waals surface area contributed by atoms with E-state index in [1.165, 1.54) is 6.07 Å². The first kappa shape index (κ1) is 9.00. The van der Waals surface area contributed by atoms with Crippen LogP contribution in [0.2, 0.25) is 0 Å². The van der Waals surface area contributed by atoms with Gasteiger partial charge in [-0.1, -0.05) is 0 Å². The van der Waals surface area contributed by atoms with Crippen LogP contribution in [-0.4, -0.2) is 9.67 Å². The number of aromatic nitrogens is 1. The van der Waals surface area contributed by atoms with Crippen LogP contribution >= 0.6 is 0 Å². The van der Waals surface area contributed by atoms with E-state index in [0.717, 1.165) is 0 Å². The summed E-state index contributed by atoms with van der Waals surface area (Å²) < 4.78 is 1.62. The van der Waals surface area contributed by atoms with Crippen LogP contribution in [0.5, 0.6) is 0 Å². The van der Waals surface area contributed by atoms with E-state index in [0.29, 0.717) is 5.56 Å². The molecule has 0 saturated heterocycles.